The molecule has 1 rings (SSSR count). The van der Waals surface area contributed by atoms with Gasteiger partial charge in [0.2, 0.25) is 5.95 Å². The quantitative estimate of drug-likeness (QED) is 0.666. The summed E-state index contributed by atoms with van der Waals surface area (Å²) in [5.41, 5.74) is 5.48. The van der Waals surface area contributed by atoms with Crippen molar-refractivity contribution in [2.75, 3.05) is 11.5 Å². The molecule has 0 aliphatic carbocycles. The first-order valence-corrected chi connectivity index (χ1v) is 3.82. The summed E-state index contributed by atoms with van der Waals surface area (Å²) in [7, 11) is 0. The second kappa shape index (κ2) is 3.31. The lowest BCUT2D eigenvalue weighted by atomic mass is 10.8. The highest BCUT2D eigenvalue weighted by atomic mass is 32.2. The highest BCUT2D eigenvalue weighted by Crippen LogP contribution is 2.10. The van der Waals surface area contributed by atoms with Crippen LogP contribution in [0.15, 0.2) is 25.0 Å². The average Bonchev–Trinajstić information content (AvgIpc) is 2.31. The molecule has 3 nitrogen and oxygen atoms in total. The minimum absolute atomic E-state index is 0.534. The predicted molar refractivity (Wildman–Crippen MR) is 44.7 cm³/mol. The van der Waals surface area contributed by atoms with E-state index >= 15 is 0 Å². The molecule has 0 unspecified atom stereocenters. The highest BCUT2D eigenvalue weighted by Gasteiger charge is 1.94. The Labute approximate surface area is 64.1 Å². The summed E-state index contributed by atoms with van der Waals surface area (Å²) < 4.78 is 1.81. The largest absolute Gasteiger partial charge is 0.369 e. The Morgan fingerprint density at radius 1 is 1.90 bits per heavy atom. The van der Waals surface area contributed by atoms with Crippen molar-refractivity contribution in [2.45, 2.75) is 0 Å². The maximum absolute atomic E-state index is 5.48. The van der Waals surface area contributed by atoms with Crippen LogP contribution in [0.2, 0.25) is 0 Å². The molecule has 0 saturated carbocycles. The normalized spacial score (nSPS) is 9.60. The van der Waals surface area contributed by atoms with Crippen molar-refractivity contribution in [3.63, 3.8) is 0 Å². The van der Waals surface area contributed by atoms with Gasteiger partial charge in [-0.25, -0.2) is 4.98 Å². The molecular formula is C6H9N3S. The van der Waals surface area contributed by atoms with Gasteiger partial charge in [0, 0.05) is 18.1 Å². The fraction of sp³-hybridized carbons (Fsp3) is 0.167. The molecule has 0 bridgehead atoms. The van der Waals surface area contributed by atoms with Crippen LogP contribution in [0.4, 0.5) is 5.95 Å². The molecule has 4 heteroatoms. The van der Waals surface area contributed by atoms with E-state index in [-0.39, 0.29) is 0 Å². The van der Waals surface area contributed by atoms with Gasteiger partial charge in [-0.1, -0.05) is 6.08 Å². The Hall–Kier alpha value is -0.900. The van der Waals surface area contributed by atoms with Crippen LogP contribution in [0.1, 0.15) is 0 Å². The second-order valence-corrected chi connectivity index (χ2v) is 2.68. The lowest BCUT2D eigenvalue weighted by Gasteiger charge is -1.98. The number of imidazole rings is 1. The molecule has 1 aromatic heterocycles. The van der Waals surface area contributed by atoms with Crippen LogP contribution in [0.25, 0.3) is 0 Å². The second-order valence-electron chi connectivity index (χ2n) is 1.70. The molecule has 0 aliphatic rings. The smallest absolute Gasteiger partial charge is 0.210 e. The Bertz CT molecular complexity index is 219. The van der Waals surface area contributed by atoms with Gasteiger partial charge in [-0.3, -0.25) is 3.97 Å². The number of hydrogen-bond donors (Lipinski definition) is 1. The van der Waals surface area contributed by atoms with Crippen molar-refractivity contribution in [3.05, 3.63) is 25.0 Å². The fourth-order valence-corrected chi connectivity index (χ4v) is 1.13. The van der Waals surface area contributed by atoms with Gasteiger partial charge < -0.3 is 5.73 Å². The zero-order chi connectivity index (χ0) is 7.40. The van der Waals surface area contributed by atoms with Gasteiger partial charge in [-0.05, 0) is 11.9 Å². The molecule has 0 atom stereocenters. The number of aromatic nitrogens is 2. The van der Waals surface area contributed by atoms with Crippen molar-refractivity contribution >= 4 is 17.9 Å². The number of nitrogens with two attached hydrogens (primary N) is 1. The van der Waals surface area contributed by atoms with E-state index in [1.54, 1.807) is 18.1 Å². The summed E-state index contributed by atoms with van der Waals surface area (Å²) >= 11 is 1.56. The van der Waals surface area contributed by atoms with E-state index in [2.05, 4.69) is 11.6 Å². The maximum atomic E-state index is 5.48. The first-order valence-electron chi connectivity index (χ1n) is 2.87. The zero-order valence-corrected chi connectivity index (χ0v) is 6.34. The van der Waals surface area contributed by atoms with Crippen molar-refractivity contribution < 1.29 is 0 Å². The predicted octanol–water partition coefficient (Wildman–Crippen LogP) is 1.15. The van der Waals surface area contributed by atoms with Gasteiger partial charge >= 0.3 is 0 Å². The summed E-state index contributed by atoms with van der Waals surface area (Å²) in [6, 6.07) is 0. The molecule has 0 aliphatic heterocycles. The SMILES string of the molecule is C=CCSn1ccnc1N. The molecule has 0 radical (unpaired) electrons. The molecule has 2 N–H and O–H groups in total. The van der Waals surface area contributed by atoms with Gasteiger partial charge in [-0.2, -0.15) is 0 Å². The third-order valence-corrected chi connectivity index (χ3v) is 1.94. The summed E-state index contributed by atoms with van der Waals surface area (Å²) in [5.74, 6) is 1.38. The summed E-state index contributed by atoms with van der Waals surface area (Å²) in [6.45, 7) is 3.59. The third-order valence-electron chi connectivity index (χ3n) is 0.966. The first kappa shape index (κ1) is 7.21. The molecule has 10 heavy (non-hydrogen) atoms. The van der Waals surface area contributed by atoms with Gasteiger partial charge in [0.15, 0.2) is 0 Å². The van der Waals surface area contributed by atoms with Crippen molar-refractivity contribution in [1.82, 2.24) is 8.96 Å². The monoisotopic (exact) mass is 155 g/mol. The van der Waals surface area contributed by atoms with Crippen LogP contribution in [0.3, 0.4) is 0 Å². The molecule has 1 heterocycles. The van der Waals surface area contributed by atoms with Crippen molar-refractivity contribution in [1.29, 1.82) is 0 Å². The molecular weight excluding hydrogens is 146 g/mol. The molecule has 0 fully saturated rings. The standard InChI is InChI=1S/C6H9N3S/c1-2-5-10-9-4-3-8-6(9)7/h2-4H,1,5H2,(H2,7,8). The molecule has 1 aromatic rings. The minimum atomic E-state index is 0.534. The lowest BCUT2D eigenvalue weighted by Crippen LogP contribution is -1.94. The van der Waals surface area contributed by atoms with Crippen LogP contribution in [-0.4, -0.2) is 14.7 Å². The minimum Gasteiger partial charge on any atom is -0.369 e. The first-order chi connectivity index (χ1) is 4.84. The summed E-state index contributed by atoms with van der Waals surface area (Å²) in [4.78, 5) is 3.86. The van der Waals surface area contributed by atoms with E-state index < -0.39 is 0 Å². The molecule has 0 spiro atoms. The van der Waals surface area contributed by atoms with Crippen LogP contribution < -0.4 is 5.73 Å². The van der Waals surface area contributed by atoms with Crippen LogP contribution in [0, 0.1) is 0 Å². The molecule has 0 amide bonds. The van der Waals surface area contributed by atoms with Gasteiger partial charge in [0.25, 0.3) is 0 Å². The number of nitrogens with zero attached hydrogens (tertiary/aromatic N) is 2. The molecule has 54 valence electrons. The Kier molecular flexibility index (Phi) is 2.39. The Morgan fingerprint density at radius 3 is 3.20 bits per heavy atom. The van der Waals surface area contributed by atoms with E-state index in [1.807, 2.05) is 16.2 Å². The van der Waals surface area contributed by atoms with Crippen molar-refractivity contribution in [2.24, 2.45) is 0 Å². The van der Waals surface area contributed by atoms with E-state index in [9.17, 15) is 0 Å². The fourth-order valence-electron chi connectivity index (χ4n) is 0.546. The molecule has 0 saturated heterocycles. The Morgan fingerprint density at radius 2 is 2.70 bits per heavy atom. The third kappa shape index (κ3) is 1.54. The summed E-state index contributed by atoms with van der Waals surface area (Å²) in [5, 5.41) is 0. The highest BCUT2D eigenvalue weighted by molar-refractivity contribution is 7.98. The van der Waals surface area contributed by atoms with Gasteiger partial charge in [0.05, 0.1) is 0 Å². The number of rotatable bonds is 3. The summed E-state index contributed by atoms with van der Waals surface area (Å²) in [6.07, 6.45) is 5.32. The molecule has 0 aromatic carbocycles. The lowest BCUT2D eigenvalue weighted by molar-refractivity contribution is 1.25. The number of nitrogen functional groups attached to an aromatic ring is 1. The van der Waals surface area contributed by atoms with Crippen LogP contribution >= 0.6 is 11.9 Å². The number of hydrogen-bond acceptors (Lipinski definition) is 3. The van der Waals surface area contributed by atoms with Crippen LogP contribution in [-0.2, 0) is 0 Å². The van der Waals surface area contributed by atoms with Crippen LogP contribution in [0.5, 0.6) is 0 Å². The van der Waals surface area contributed by atoms with E-state index in [0.717, 1.165) is 5.75 Å². The Balaban J connectivity index is 2.56. The average molecular weight is 155 g/mol. The van der Waals surface area contributed by atoms with E-state index in [1.165, 1.54) is 0 Å². The maximum Gasteiger partial charge on any atom is 0.210 e. The number of anilines is 1. The van der Waals surface area contributed by atoms with E-state index in [0.29, 0.717) is 5.95 Å². The van der Waals surface area contributed by atoms with Gasteiger partial charge in [0.1, 0.15) is 0 Å². The van der Waals surface area contributed by atoms with Gasteiger partial charge in [-0.15, -0.1) is 6.58 Å². The van der Waals surface area contributed by atoms with E-state index in [4.69, 9.17) is 5.73 Å². The zero-order valence-electron chi connectivity index (χ0n) is 5.53. The van der Waals surface area contributed by atoms with Crippen molar-refractivity contribution in [3.8, 4) is 0 Å². The topological polar surface area (TPSA) is 43.8 Å².